The predicted molar refractivity (Wildman–Crippen MR) is 76.3 cm³/mol. The van der Waals surface area contributed by atoms with E-state index in [0.29, 0.717) is 17.5 Å². The highest BCUT2D eigenvalue weighted by atomic mass is 79.9. The number of ether oxygens (including phenoxy) is 1. The number of benzene rings is 1. The summed E-state index contributed by atoms with van der Waals surface area (Å²) < 4.78 is 6.31. The molecule has 1 aromatic carbocycles. The molecule has 0 aromatic heterocycles. The molecule has 0 amide bonds. The van der Waals surface area contributed by atoms with Gasteiger partial charge in [-0.25, -0.2) is 0 Å². The molecule has 18 heavy (non-hydrogen) atoms. The van der Waals surface area contributed by atoms with Crippen molar-refractivity contribution in [2.45, 2.75) is 38.2 Å². The standard InChI is InChI=1S/C14H16BrClO2/c15-12-9-10(6-7-13(12)16)14(17)5-1-3-11-4-2-8-18-11/h6-7,9,11H,1-5,8H2. The second-order valence-corrected chi connectivity index (χ2v) is 5.84. The zero-order chi connectivity index (χ0) is 13.0. The van der Waals surface area contributed by atoms with Crippen molar-refractivity contribution in [1.29, 1.82) is 0 Å². The molecule has 1 saturated heterocycles. The second-order valence-electron chi connectivity index (χ2n) is 4.58. The van der Waals surface area contributed by atoms with E-state index in [1.54, 1.807) is 18.2 Å². The SMILES string of the molecule is O=C(CCCC1CCCO1)c1ccc(Cl)c(Br)c1. The van der Waals surface area contributed by atoms with Crippen molar-refractivity contribution in [2.24, 2.45) is 0 Å². The minimum Gasteiger partial charge on any atom is -0.378 e. The predicted octanol–water partition coefficient (Wildman–Crippen LogP) is 4.63. The summed E-state index contributed by atoms with van der Waals surface area (Å²) in [5.41, 5.74) is 0.721. The van der Waals surface area contributed by atoms with Gasteiger partial charge in [-0.3, -0.25) is 4.79 Å². The Bertz CT molecular complexity index is 428. The second kappa shape index (κ2) is 6.69. The van der Waals surface area contributed by atoms with Crippen LogP contribution in [0.2, 0.25) is 5.02 Å². The third-order valence-electron chi connectivity index (χ3n) is 3.20. The Hall–Kier alpha value is -0.380. The zero-order valence-electron chi connectivity index (χ0n) is 10.1. The molecule has 1 aromatic rings. The van der Waals surface area contributed by atoms with E-state index in [4.69, 9.17) is 16.3 Å². The van der Waals surface area contributed by atoms with Crippen LogP contribution in [0, 0.1) is 0 Å². The molecule has 1 aliphatic rings. The lowest BCUT2D eigenvalue weighted by Gasteiger charge is -2.08. The molecular formula is C14H16BrClO2. The van der Waals surface area contributed by atoms with Crippen LogP contribution < -0.4 is 0 Å². The van der Waals surface area contributed by atoms with E-state index in [9.17, 15) is 4.79 Å². The van der Waals surface area contributed by atoms with Crippen LogP contribution in [-0.4, -0.2) is 18.5 Å². The van der Waals surface area contributed by atoms with Gasteiger partial charge in [0.25, 0.3) is 0 Å². The largest absolute Gasteiger partial charge is 0.378 e. The summed E-state index contributed by atoms with van der Waals surface area (Å²) in [6.45, 7) is 0.878. The Morgan fingerprint density at radius 1 is 1.50 bits per heavy atom. The smallest absolute Gasteiger partial charge is 0.162 e. The lowest BCUT2D eigenvalue weighted by molar-refractivity contribution is 0.0923. The van der Waals surface area contributed by atoms with E-state index in [-0.39, 0.29) is 5.78 Å². The average Bonchev–Trinajstić information content (AvgIpc) is 2.85. The fraction of sp³-hybridized carbons (Fsp3) is 0.500. The molecule has 0 bridgehead atoms. The fourth-order valence-corrected chi connectivity index (χ4v) is 2.67. The molecular weight excluding hydrogens is 316 g/mol. The molecule has 1 unspecified atom stereocenters. The molecule has 0 saturated carbocycles. The van der Waals surface area contributed by atoms with Crippen molar-refractivity contribution in [3.8, 4) is 0 Å². The molecule has 1 atom stereocenters. The zero-order valence-corrected chi connectivity index (χ0v) is 12.5. The summed E-state index contributed by atoms with van der Waals surface area (Å²) in [5, 5.41) is 0.630. The van der Waals surface area contributed by atoms with E-state index >= 15 is 0 Å². The van der Waals surface area contributed by atoms with E-state index < -0.39 is 0 Å². The number of rotatable bonds is 5. The van der Waals surface area contributed by atoms with Gasteiger partial charge >= 0.3 is 0 Å². The van der Waals surface area contributed by atoms with Gasteiger partial charge in [0, 0.05) is 23.1 Å². The number of carbonyl (C=O) groups is 1. The Kier molecular flexibility index (Phi) is 5.22. The minimum atomic E-state index is 0.172. The molecule has 1 aliphatic heterocycles. The van der Waals surface area contributed by atoms with E-state index in [2.05, 4.69) is 15.9 Å². The summed E-state index contributed by atoms with van der Waals surface area (Å²) in [6.07, 6.45) is 5.12. The maximum absolute atomic E-state index is 12.0. The van der Waals surface area contributed by atoms with Crippen LogP contribution in [0.4, 0.5) is 0 Å². The van der Waals surface area contributed by atoms with Crippen molar-refractivity contribution in [3.63, 3.8) is 0 Å². The third kappa shape index (κ3) is 3.81. The number of hydrogen-bond acceptors (Lipinski definition) is 2. The van der Waals surface area contributed by atoms with Crippen molar-refractivity contribution in [3.05, 3.63) is 33.3 Å². The van der Waals surface area contributed by atoms with Gasteiger partial charge in [-0.15, -0.1) is 0 Å². The lowest BCUT2D eigenvalue weighted by Crippen LogP contribution is -2.06. The summed E-state index contributed by atoms with van der Waals surface area (Å²) in [4.78, 5) is 12.0. The first-order chi connectivity index (χ1) is 8.66. The van der Waals surface area contributed by atoms with Gasteiger partial charge in [-0.05, 0) is 59.8 Å². The number of hydrogen-bond donors (Lipinski definition) is 0. The molecule has 0 radical (unpaired) electrons. The molecule has 2 nitrogen and oxygen atoms in total. The van der Waals surface area contributed by atoms with Crippen LogP contribution in [0.5, 0.6) is 0 Å². The molecule has 0 spiro atoms. The molecule has 98 valence electrons. The monoisotopic (exact) mass is 330 g/mol. The van der Waals surface area contributed by atoms with Crippen LogP contribution in [0.1, 0.15) is 42.5 Å². The van der Waals surface area contributed by atoms with Crippen LogP contribution >= 0.6 is 27.5 Å². The Labute approximate surface area is 121 Å². The van der Waals surface area contributed by atoms with Gasteiger partial charge in [0.2, 0.25) is 0 Å². The molecule has 1 fully saturated rings. The quantitative estimate of drug-likeness (QED) is 0.735. The molecule has 0 aliphatic carbocycles. The van der Waals surface area contributed by atoms with Crippen molar-refractivity contribution >= 4 is 33.3 Å². The molecule has 2 rings (SSSR count). The fourth-order valence-electron chi connectivity index (χ4n) is 2.18. The summed E-state index contributed by atoms with van der Waals surface area (Å²) in [7, 11) is 0. The van der Waals surface area contributed by atoms with Gasteiger partial charge in [-0.1, -0.05) is 11.6 Å². The Morgan fingerprint density at radius 2 is 2.33 bits per heavy atom. The Morgan fingerprint density at radius 3 is 3.00 bits per heavy atom. The van der Waals surface area contributed by atoms with Crippen LogP contribution in [0.3, 0.4) is 0 Å². The molecule has 1 heterocycles. The van der Waals surface area contributed by atoms with Gasteiger partial charge < -0.3 is 4.74 Å². The average molecular weight is 332 g/mol. The van der Waals surface area contributed by atoms with Crippen LogP contribution in [0.15, 0.2) is 22.7 Å². The maximum Gasteiger partial charge on any atom is 0.162 e. The summed E-state index contributed by atoms with van der Waals surface area (Å²) in [5.74, 6) is 0.172. The first-order valence-electron chi connectivity index (χ1n) is 6.26. The van der Waals surface area contributed by atoms with Crippen LogP contribution in [-0.2, 0) is 4.74 Å². The lowest BCUT2D eigenvalue weighted by atomic mass is 10.0. The molecule has 4 heteroatoms. The number of Topliss-reactive ketones (excluding diaryl/α,β-unsaturated/α-hetero) is 1. The first kappa shape index (κ1) is 14.0. The maximum atomic E-state index is 12.0. The molecule has 0 N–H and O–H groups in total. The first-order valence-corrected chi connectivity index (χ1v) is 7.44. The van der Waals surface area contributed by atoms with Crippen LogP contribution in [0.25, 0.3) is 0 Å². The highest BCUT2D eigenvalue weighted by molar-refractivity contribution is 9.10. The van der Waals surface area contributed by atoms with E-state index in [1.165, 1.54) is 0 Å². The van der Waals surface area contributed by atoms with Gasteiger partial charge in [0.1, 0.15) is 0 Å². The van der Waals surface area contributed by atoms with Gasteiger partial charge in [0.05, 0.1) is 11.1 Å². The normalized spacial score (nSPS) is 19.1. The Balaban J connectivity index is 1.81. The van der Waals surface area contributed by atoms with E-state index in [0.717, 1.165) is 42.3 Å². The van der Waals surface area contributed by atoms with Crippen molar-refractivity contribution < 1.29 is 9.53 Å². The summed E-state index contributed by atoms with van der Waals surface area (Å²) >= 11 is 9.23. The number of ketones is 1. The number of halogens is 2. The number of carbonyl (C=O) groups excluding carboxylic acids is 1. The van der Waals surface area contributed by atoms with Gasteiger partial charge in [-0.2, -0.15) is 0 Å². The highest BCUT2D eigenvalue weighted by Gasteiger charge is 2.16. The van der Waals surface area contributed by atoms with Gasteiger partial charge in [0.15, 0.2) is 5.78 Å². The minimum absolute atomic E-state index is 0.172. The topological polar surface area (TPSA) is 26.3 Å². The van der Waals surface area contributed by atoms with E-state index in [1.807, 2.05) is 0 Å². The van der Waals surface area contributed by atoms with Crippen molar-refractivity contribution in [1.82, 2.24) is 0 Å². The van der Waals surface area contributed by atoms with Crippen molar-refractivity contribution in [2.75, 3.05) is 6.61 Å². The third-order valence-corrected chi connectivity index (χ3v) is 4.41. The highest BCUT2D eigenvalue weighted by Crippen LogP contribution is 2.24. The summed E-state index contributed by atoms with van der Waals surface area (Å²) in [6, 6.07) is 5.32.